The molecule has 1 aliphatic heterocycles. The second-order valence-corrected chi connectivity index (χ2v) is 4.84. The molecule has 1 amide bonds. The number of hydrogen-bond donors (Lipinski definition) is 1. The van der Waals surface area contributed by atoms with Crippen LogP contribution in [-0.4, -0.2) is 44.2 Å². The highest BCUT2D eigenvalue weighted by Crippen LogP contribution is 2.22. The van der Waals surface area contributed by atoms with Gasteiger partial charge in [-0.1, -0.05) is 31.2 Å². The van der Waals surface area contributed by atoms with E-state index in [-0.39, 0.29) is 18.6 Å². The van der Waals surface area contributed by atoms with Crippen LogP contribution in [0.3, 0.4) is 0 Å². The molecule has 0 aromatic heterocycles. The third-order valence-corrected chi connectivity index (χ3v) is 3.60. The van der Waals surface area contributed by atoms with E-state index in [9.17, 15) is 4.79 Å². The zero-order chi connectivity index (χ0) is 13.7. The minimum Gasteiger partial charge on any atom is -0.375 e. The molecule has 1 aliphatic rings. The van der Waals surface area contributed by atoms with Crippen LogP contribution in [0.4, 0.5) is 0 Å². The highest BCUT2D eigenvalue weighted by molar-refractivity contribution is 5.78. The lowest BCUT2D eigenvalue weighted by atomic mass is 10.0. The van der Waals surface area contributed by atoms with Crippen molar-refractivity contribution in [3.63, 3.8) is 0 Å². The summed E-state index contributed by atoms with van der Waals surface area (Å²) in [6, 6.07) is 8.65. The summed E-state index contributed by atoms with van der Waals surface area (Å²) < 4.78 is 4.97. The number of amides is 1. The van der Waals surface area contributed by atoms with Gasteiger partial charge < -0.3 is 15.0 Å². The highest BCUT2D eigenvalue weighted by atomic mass is 16.5. The summed E-state index contributed by atoms with van der Waals surface area (Å²) in [6.45, 7) is 4.69. The number of carbonyl (C=O) groups excluding carboxylic acids is 1. The van der Waals surface area contributed by atoms with E-state index in [1.807, 2.05) is 4.90 Å². The number of nitrogens with one attached hydrogen (secondary N) is 1. The van der Waals surface area contributed by atoms with Crippen molar-refractivity contribution in [1.82, 2.24) is 10.2 Å². The number of methoxy groups -OCH3 is 1. The standard InChI is InChI=1S/C15H22N2O2/c1-3-12-4-6-13(7-5-12)14-10-16-8-9-17(14)15(18)11-19-2/h4-7,14,16H,3,8-11H2,1-2H3. The van der Waals surface area contributed by atoms with Crippen LogP contribution in [0.2, 0.25) is 0 Å². The maximum atomic E-state index is 12.1. The van der Waals surface area contributed by atoms with Gasteiger partial charge in [0, 0.05) is 26.7 Å². The quantitative estimate of drug-likeness (QED) is 0.891. The number of piperazine rings is 1. The van der Waals surface area contributed by atoms with Gasteiger partial charge in [0.2, 0.25) is 5.91 Å². The molecule has 1 fully saturated rings. The summed E-state index contributed by atoms with van der Waals surface area (Å²) in [4.78, 5) is 14.0. The molecule has 0 bridgehead atoms. The van der Waals surface area contributed by atoms with Crippen molar-refractivity contribution in [1.29, 1.82) is 0 Å². The average Bonchev–Trinajstić information content (AvgIpc) is 2.47. The topological polar surface area (TPSA) is 41.6 Å². The largest absolute Gasteiger partial charge is 0.375 e. The molecule has 104 valence electrons. The zero-order valence-corrected chi connectivity index (χ0v) is 11.7. The Morgan fingerprint density at radius 1 is 1.42 bits per heavy atom. The molecular formula is C15H22N2O2. The Labute approximate surface area is 114 Å². The van der Waals surface area contributed by atoms with Crippen LogP contribution in [0.25, 0.3) is 0 Å². The minimum atomic E-state index is 0.0635. The average molecular weight is 262 g/mol. The molecule has 0 aliphatic carbocycles. The number of hydrogen-bond acceptors (Lipinski definition) is 3. The van der Waals surface area contributed by atoms with Crippen LogP contribution >= 0.6 is 0 Å². The van der Waals surface area contributed by atoms with Crippen molar-refractivity contribution in [2.45, 2.75) is 19.4 Å². The number of aryl methyl sites for hydroxylation is 1. The van der Waals surface area contributed by atoms with Crippen LogP contribution < -0.4 is 5.32 Å². The van der Waals surface area contributed by atoms with E-state index >= 15 is 0 Å². The lowest BCUT2D eigenvalue weighted by molar-refractivity contribution is -0.138. The second-order valence-electron chi connectivity index (χ2n) is 4.84. The van der Waals surface area contributed by atoms with Crippen LogP contribution in [0.1, 0.15) is 24.1 Å². The fourth-order valence-electron chi connectivity index (χ4n) is 2.48. The molecule has 1 atom stereocenters. The Hall–Kier alpha value is -1.39. The lowest BCUT2D eigenvalue weighted by Gasteiger charge is -2.36. The predicted octanol–water partition coefficient (Wildman–Crippen LogP) is 1.37. The van der Waals surface area contributed by atoms with Crippen molar-refractivity contribution in [2.75, 3.05) is 33.4 Å². The normalized spacial score (nSPS) is 19.5. The molecule has 1 heterocycles. The number of benzene rings is 1. The first kappa shape index (κ1) is 14.0. The van der Waals surface area contributed by atoms with E-state index in [1.54, 1.807) is 7.11 Å². The maximum absolute atomic E-state index is 12.1. The van der Waals surface area contributed by atoms with Gasteiger partial charge in [-0.2, -0.15) is 0 Å². The van der Waals surface area contributed by atoms with Gasteiger partial charge >= 0.3 is 0 Å². The molecule has 2 rings (SSSR count). The molecule has 1 aromatic carbocycles. The number of ether oxygens (including phenoxy) is 1. The Kier molecular flexibility index (Phi) is 4.93. The molecule has 1 aromatic rings. The molecule has 0 saturated carbocycles. The van der Waals surface area contributed by atoms with Gasteiger partial charge in [-0.3, -0.25) is 4.79 Å². The number of rotatable bonds is 4. The zero-order valence-electron chi connectivity index (χ0n) is 11.7. The van der Waals surface area contributed by atoms with E-state index in [1.165, 1.54) is 11.1 Å². The third-order valence-electron chi connectivity index (χ3n) is 3.60. The monoisotopic (exact) mass is 262 g/mol. The van der Waals surface area contributed by atoms with Crippen molar-refractivity contribution >= 4 is 5.91 Å². The van der Waals surface area contributed by atoms with Crippen molar-refractivity contribution in [2.24, 2.45) is 0 Å². The Balaban J connectivity index is 2.15. The first-order valence-electron chi connectivity index (χ1n) is 6.84. The van der Waals surface area contributed by atoms with Crippen molar-refractivity contribution in [3.05, 3.63) is 35.4 Å². The van der Waals surface area contributed by atoms with Gasteiger partial charge in [-0.15, -0.1) is 0 Å². The van der Waals surface area contributed by atoms with E-state index in [4.69, 9.17) is 4.74 Å². The van der Waals surface area contributed by atoms with Gasteiger partial charge in [0.1, 0.15) is 6.61 Å². The summed E-state index contributed by atoms with van der Waals surface area (Å²) in [5.41, 5.74) is 2.51. The lowest BCUT2D eigenvalue weighted by Crippen LogP contribution is -2.49. The Bertz CT molecular complexity index is 417. The summed E-state index contributed by atoms with van der Waals surface area (Å²) in [5, 5.41) is 3.35. The van der Waals surface area contributed by atoms with Gasteiger partial charge in [-0.05, 0) is 17.5 Å². The number of carbonyl (C=O) groups is 1. The molecular weight excluding hydrogens is 240 g/mol. The van der Waals surface area contributed by atoms with E-state index in [0.717, 1.165) is 26.1 Å². The Morgan fingerprint density at radius 2 is 2.16 bits per heavy atom. The maximum Gasteiger partial charge on any atom is 0.249 e. The van der Waals surface area contributed by atoms with Crippen LogP contribution in [-0.2, 0) is 16.0 Å². The SMILES string of the molecule is CCc1ccc(C2CNCCN2C(=O)COC)cc1. The fraction of sp³-hybridized carbons (Fsp3) is 0.533. The molecule has 1 N–H and O–H groups in total. The predicted molar refractivity (Wildman–Crippen MR) is 75.0 cm³/mol. The molecule has 1 saturated heterocycles. The van der Waals surface area contributed by atoms with Crippen molar-refractivity contribution < 1.29 is 9.53 Å². The fourth-order valence-corrected chi connectivity index (χ4v) is 2.48. The van der Waals surface area contributed by atoms with Gasteiger partial charge in [0.15, 0.2) is 0 Å². The van der Waals surface area contributed by atoms with Crippen LogP contribution in [0.5, 0.6) is 0 Å². The smallest absolute Gasteiger partial charge is 0.249 e. The molecule has 4 nitrogen and oxygen atoms in total. The molecule has 4 heteroatoms. The molecule has 0 radical (unpaired) electrons. The Morgan fingerprint density at radius 3 is 2.79 bits per heavy atom. The van der Waals surface area contributed by atoms with E-state index < -0.39 is 0 Å². The van der Waals surface area contributed by atoms with Crippen LogP contribution in [0, 0.1) is 0 Å². The summed E-state index contributed by atoms with van der Waals surface area (Å²) in [7, 11) is 1.56. The van der Waals surface area contributed by atoms with Crippen molar-refractivity contribution in [3.8, 4) is 0 Å². The summed E-state index contributed by atoms with van der Waals surface area (Å²) >= 11 is 0. The van der Waals surface area contributed by atoms with Gasteiger partial charge in [-0.25, -0.2) is 0 Å². The molecule has 1 unspecified atom stereocenters. The first-order chi connectivity index (χ1) is 9.26. The minimum absolute atomic E-state index is 0.0635. The van der Waals surface area contributed by atoms with E-state index in [2.05, 4.69) is 36.5 Å². The number of nitrogens with zero attached hydrogens (tertiary/aromatic N) is 1. The molecule has 19 heavy (non-hydrogen) atoms. The first-order valence-corrected chi connectivity index (χ1v) is 6.84. The summed E-state index contributed by atoms with van der Waals surface area (Å²) in [6.07, 6.45) is 1.04. The summed E-state index contributed by atoms with van der Waals surface area (Å²) in [5.74, 6) is 0.0635. The van der Waals surface area contributed by atoms with E-state index in [0.29, 0.717) is 0 Å². The third kappa shape index (κ3) is 3.33. The molecule has 0 spiro atoms. The second kappa shape index (κ2) is 6.68. The van der Waals surface area contributed by atoms with Crippen LogP contribution in [0.15, 0.2) is 24.3 Å². The highest BCUT2D eigenvalue weighted by Gasteiger charge is 2.27. The van der Waals surface area contributed by atoms with Gasteiger partial charge in [0.25, 0.3) is 0 Å². The van der Waals surface area contributed by atoms with Gasteiger partial charge in [0.05, 0.1) is 6.04 Å².